The third kappa shape index (κ3) is 6.40. The zero-order valence-corrected chi connectivity index (χ0v) is 17.9. The van der Waals surface area contributed by atoms with Crippen molar-refractivity contribution in [2.75, 3.05) is 18.9 Å². The Balaban J connectivity index is 1.88. The molecule has 156 valence electrons. The van der Waals surface area contributed by atoms with Crippen LogP contribution in [0.3, 0.4) is 0 Å². The maximum absolute atomic E-state index is 12.4. The van der Waals surface area contributed by atoms with Crippen LogP contribution in [0.15, 0.2) is 53.4 Å². The van der Waals surface area contributed by atoms with Crippen LogP contribution in [0, 0.1) is 0 Å². The average molecular weight is 418 g/mol. The summed E-state index contributed by atoms with van der Waals surface area (Å²) in [7, 11) is -2.14. The molecule has 8 heteroatoms. The summed E-state index contributed by atoms with van der Waals surface area (Å²) in [6, 6.07) is 13.1. The second-order valence-corrected chi connectivity index (χ2v) is 9.39. The molecular formula is C21H27N3O4S. The summed E-state index contributed by atoms with van der Waals surface area (Å²) in [5.74, 6) is -0.545. The number of hydrogen-bond donors (Lipinski definition) is 3. The summed E-state index contributed by atoms with van der Waals surface area (Å²) >= 11 is 0. The van der Waals surface area contributed by atoms with Crippen LogP contribution < -0.4 is 15.4 Å². The van der Waals surface area contributed by atoms with Gasteiger partial charge in [-0.25, -0.2) is 13.1 Å². The van der Waals surface area contributed by atoms with E-state index in [1.807, 2.05) is 0 Å². The molecule has 0 bridgehead atoms. The first-order valence-electron chi connectivity index (χ1n) is 9.25. The van der Waals surface area contributed by atoms with Crippen molar-refractivity contribution in [3.63, 3.8) is 0 Å². The van der Waals surface area contributed by atoms with E-state index in [1.165, 1.54) is 7.05 Å². The zero-order valence-electron chi connectivity index (χ0n) is 17.1. The molecule has 7 nitrogen and oxygen atoms in total. The molecular weight excluding hydrogens is 390 g/mol. The quantitative estimate of drug-likeness (QED) is 0.644. The standard InChI is InChI=1S/C21H27N3O4S/c1-21(2,3)16-7-11-18(12-8-16)29(27,28)23-14-13-19(25)24-17-9-5-15(6-10-17)20(26)22-4/h5-12,23H,13-14H2,1-4H3,(H,22,26)(H,24,25). The van der Waals surface area contributed by atoms with Gasteiger partial charge in [-0.2, -0.15) is 0 Å². The molecule has 0 unspecified atom stereocenters. The Labute approximate surface area is 172 Å². The first kappa shape index (κ1) is 22.6. The smallest absolute Gasteiger partial charge is 0.251 e. The van der Waals surface area contributed by atoms with Crippen LogP contribution in [0.25, 0.3) is 0 Å². The highest BCUT2D eigenvalue weighted by atomic mass is 32.2. The normalized spacial score (nSPS) is 11.7. The minimum absolute atomic E-state index is 0.0174. The SMILES string of the molecule is CNC(=O)c1ccc(NC(=O)CCNS(=O)(=O)c2ccc(C(C)(C)C)cc2)cc1. The van der Waals surface area contributed by atoms with Crippen LogP contribution in [-0.2, 0) is 20.2 Å². The van der Waals surface area contributed by atoms with Crippen molar-refractivity contribution in [3.05, 3.63) is 59.7 Å². The van der Waals surface area contributed by atoms with Gasteiger partial charge in [0, 0.05) is 31.3 Å². The van der Waals surface area contributed by atoms with Gasteiger partial charge < -0.3 is 10.6 Å². The van der Waals surface area contributed by atoms with E-state index in [2.05, 4.69) is 36.1 Å². The molecule has 0 aliphatic heterocycles. The summed E-state index contributed by atoms with van der Waals surface area (Å²) < 4.78 is 27.2. The number of benzene rings is 2. The zero-order chi connectivity index (χ0) is 21.7. The lowest BCUT2D eigenvalue weighted by molar-refractivity contribution is -0.116. The van der Waals surface area contributed by atoms with Gasteiger partial charge in [0.25, 0.3) is 5.91 Å². The fraction of sp³-hybridized carbons (Fsp3) is 0.333. The van der Waals surface area contributed by atoms with Crippen LogP contribution in [0.1, 0.15) is 43.1 Å². The van der Waals surface area contributed by atoms with Crippen LogP contribution in [-0.4, -0.2) is 33.8 Å². The van der Waals surface area contributed by atoms with Crippen molar-refractivity contribution in [2.24, 2.45) is 0 Å². The van der Waals surface area contributed by atoms with E-state index >= 15 is 0 Å². The maximum atomic E-state index is 12.4. The van der Waals surface area contributed by atoms with Crippen LogP contribution >= 0.6 is 0 Å². The molecule has 0 fully saturated rings. The molecule has 0 heterocycles. The molecule has 3 N–H and O–H groups in total. The lowest BCUT2D eigenvalue weighted by atomic mass is 9.87. The van der Waals surface area contributed by atoms with Crippen molar-refractivity contribution >= 4 is 27.5 Å². The van der Waals surface area contributed by atoms with Crippen LogP contribution in [0.5, 0.6) is 0 Å². The molecule has 0 radical (unpaired) electrons. The van der Waals surface area contributed by atoms with Crippen molar-refractivity contribution in [1.29, 1.82) is 0 Å². The van der Waals surface area contributed by atoms with Crippen molar-refractivity contribution in [3.8, 4) is 0 Å². The third-order valence-corrected chi connectivity index (χ3v) is 5.81. The number of hydrogen-bond acceptors (Lipinski definition) is 4. The van der Waals surface area contributed by atoms with Gasteiger partial charge in [-0.05, 0) is 47.4 Å². The summed E-state index contributed by atoms with van der Waals surface area (Å²) in [4.78, 5) is 23.7. The Morgan fingerprint density at radius 2 is 1.52 bits per heavy atom. The average Bonchev–Trinajstić information content (AvgIpc) is 2.67. The summed E-state index contributed by atoms with van der Waals surface area (Å²) in [6.07, 6.45) is -0.0174. The van der Waals surface area contributed by atoms with Crippen LogP contribution in [0.2, 0.25) is 0 Å². The fourth-order valence-electron chi connectivity index (χ4n) is 2.59. The molecule has 2 aromatic rings. The minimum Gasteiger partial charge on any atom is -0.355 e. The predicted octanol–water partition coefficient (Wildman–Crippen LogP) is 2.65. The number of rotatable bonds is 7. The number of nitrogens with one attached hydrogen (secondary N) is 3. The molecule has 0 aliphatic rings. The minimum atomic E-state index is -3.68. The monoisotopic (exact) mass is 417 g/mol. The number of amides is 2. The molecule has 29 heavy (non-hydrogen) atoms. The van der Waals surface area contributed by atoms with Gasteiger partial charge in [0.15, 0.2) is 0 Å². The number of carbonyl (C=O) groups is 2. The van der Waals surface area contributed by atoms with E-state index in [1.54, 1.807) is 48.5 Å². The van der Waals surface area contributed by atoms with Crippen molar-refractivity contribution in [2.45, 2.75) is 37.5 Å². The van der Waals surface area contributed by atoms with Crippen molar-refractivity contribution in [1.82, 2.24) is 10.0 Å². The molecule has 2 aromatic carbocycles. The summed E-state index contributed by atoms with van der Waals surface area (Å²) in [5.41, 5.74) is 1.99. The molecule has 0 aliphatic carbocycles. The predicted molar refractivity (Wildman–Crippen MR) is 113 cm³/mol. The first-order chi connectivity index (χ1) is 13.5. The van der Waals surface area contributed by atoms with Gasteiger partial charge >= 0.3 is 0 Å². The Kier molecular flexibility index (Phi) is 7.16. The Bertz CT molecular complexity index is 960. The topological polar surface area (TPSA) is 104 Å². The van der Waals surface area contributed by atoms with Crippen LogP contribution in [0.4, 0.5) is 5.69 Å². The van der Waals surface area contributed by atoms with Gasteiger partial charge in [0.2, 0.25) is 15.9 Å². The molecule has 2 rings (SSSR count). The summed E-state index contributed by atoms with van der Waals surface area (Å²) in [6.45, 7) is 6.14. The van der Waals surface area contributed by atoms with E-state index in [4.69, 9.17) is 0 Å². The highest BCUT2D eigenvalue weighted by molar-refractivity contribution is 7.89. The largest absolute Gasteiger partial charge is 0.355 e. The fourth-order valence-corrected chi connectivity index (χ4v) is 3.62. The molecule has 0 saturated carbocycles. The molecule has 0 aromatic heterocycles. The van der Waals surface area contributed by atoms with E-state index in [0.29, 0.717) is 11.3 Å². The van der Waals surface area contributed by atoms with Crippen molar-refractivity contribution < 1.29 is 18.0 Å². The Hall–Kier alpha value is -2.71. The second kappa shape index (κ2) is 9.19. The number of anilines is 1. The van der Waals surface area contributed by atoms with Gasteiger partial charge in [0.05, 0.1) is 4.90 Å². The highest BCUT2D eigenvalue weighted by Crippen LogP contribution is 2.23. The van der Waals surface area contributed by atoms with E-state index < -0.39 is 10.0 Å². The maximum Gasteiger partial charge on any atom is 0.251 e. The molecule has 0 saturated heterocycles. The van der Waals surface area contributed by atoms with E-state index in [9.17, 15) is 18.0 Å². The lowest BCUT2D eigenvalue weighted by Crippen LogP contribution is -2.28. The third-order valence-electron chi connectivity index (χ3n) is 4.33. The summed E-state index contributed by atoms with van der Waals surface area (Å²) in [5, 5.41) is 5.19. The van der Waals surface area contributed by atoms with Gasteiger partial charge in [-0.15, -0.1) is 0 Å². The number of carbonyl (C=O) groups excluding carboxylic acids is 2. The molecule has 2 amide bonds. The van der Waals surface area contributed by atoms with Gasteiger partial charge in [-0.3, -0.25) is 9.59 Å². The van der Waals surface area contributed by atoms with E-state index in [0.717, 1.165) is 5.56 Å². The molecule has 0 spiro atoms. The van der Waals surface area contributed by atoms with Gasteiger partial charge in [-0.1, -0.05) is 32.9 Å². The van der Waals surface area contributed by atoms with E-state index in [-0.39, 0.29) is 35.1 Å². The first-order valence-corrected chi connectivity index (χ1v) is 10.7. The second-order valence-electron chi connectivity index (χ2n) is 7.63. The lowest BCUT2D eigenvalue weighted by Gasteiger charge is -2.19. The van der Waals surface area contributed by atoms with Gasteiger partial charge in [0.1, 0.15) is 0 Å². The Morgan fingerprint density at radius 3 is 2.03 bits per heavy atom. The number of sulfonamides is 1. The highest BCUT2D eigenvalue weighted by Gasteiger charge is 2.17. The Morgan fingerprint density at radius 1 is 0.931 bits per heavy atom. The molecule has 0 atom stereocenters.